The zero-order chi connectivity index (χ0) is 19.7. The average molecular weight is 405 g/mol. The van der Waals surface area contributed by atoms with E-state index < -0.39 is 40.3 Å². The Hall–Kier alpha value is -1.81. The maximum absolute atomic E-state index is 12.8. The zero-order valence-corrected chi connectivity index (χ0v) is 15.4. The van der Waals surface area contributed by atoms with Crippen molar-refractivity contribution in [1.29, 1.82) is 0 Å². The van der Waals surface area contributed by atoms with E-state index in [0.29, 0.717) is 25.1 Å². The summed E-state index contributed by atoms with van der Waals surface area (Å²) in [4.78, 5) is 12.6. The molecular weight excluding hydrogens is 383 g/mol. The van der Waals surface area contributed by atoms with E-state index in [2.05, 4.69) is 10.6 Å². The number of halogens is 3. The Kier molecular flexibility index (Phi) is 5.66. The molecule has 10 heteroatoms. The number of hydrogen-bond acceptors (Lipinski definition) is 4. The first-order valence-corrected chi connectivity index (χ1v) is 10.5. The molecule has 2 N–H and O–H groups in total. The number of nitrogens with one attached hydrogen (secondary N) is 2. The van der Waals surface area contributed by atoms with Crippen LogP contribution in [0.1, 0.15) is 25.7 Å². The molecule has 3 rings (SSSR count). The third-order valence-electron chi connectivity index (χ3n) is 4.57. The maximum Gasteiger partial charge on any atom is 0.390 e. The van der Waals surface area contributed by atoms with Gasteiger partial charge < -0.3 is 10.6 Å². The first-order valence-electron chi connectivity index (χ1n) is 8.85. The second-order valence-corrected chi connectivity index (χ2v) is 8.79. The molecule has 0 bridgehead atoms. The molecule has 1 aliphatic carbocycles. The van der Waals surface area contributed by atoms with Crippen LogP contribution < -0.4 is 10.6 Å². The minimum Gasteiger partial charge on any atom is -0.351 e. The first kappa shape index (κ1) is 19.9. The monoisotopic (exact) mass is 405 g/mol. The highest BCUT2D eigenvalue weighted by Gasteiger charge is 2.40. The Morgan fingerprint density at radius 3 is 2.67 bits per heavy atom. The maximum atomic E-state index is 12.8. The summed E-state index contributed by atoms with van der Waals surface area (Å²) in [6.07, 6.45) is 2.47. The Bertz CT molecular complexity index is 783. The molecule has 0 saturated heterocycles. The molecule has 1 saturated carbocycles. The molecule has 1 unspecified atom stereocenters. The third-order valence-corrected chi connectivity index (χ3v) is 6.31. The van der Waals surface area contributed by atoms with E-state index in [9.17, 15) is 26.4 Å². The molecule has 0 spiro atoms. The number of alkyl halides is 3. The van der Waals surface area contributed by atoms with Crippen molar-refractivity contribution in [2.45, 2.75) is 43.9 Å². The van der Waals surface area contributed by atoms with E-state index in [1.165, 1.54) is 6.08 Å². The Balaban J connectivity index is 1.91. The number of carbonyl (C=O) groups is 1. The van der Waals surface area contributed by atoms with Crippen LogP contribution in [0, 0.1) is 0 Å². The van der Waals surface area contributed by atoms with Crippen molar-refractivity contribution < 1.29 is 26.4 Å². The predicted molar refractivity (Wildman–Crippen MR) is 94.0 cm³/mol. The lowest BCUT2D eigenvalue weighted by molar-refractivity contribution is -0.130. The van der Waals surface area contributed by atoms with Crippen molar-refractivity contribution in [1.82, 2.24) is 14.9 Å². The molecule has 2 heterocycles. The fourth-order valence-corrected chi connectivity index (χ4v) is 4.71. The summed E-state index contributed by atoms with van der Waals surface area (Å²) in [5.41, 5.74) is 0.982. The largest absolute Gasteiger partial charge is 0.390 e. The normalized spacial score (nSPS) is 23.7. The SMILES string of the molecule is O=C(NC1CC1)C1C=CC=C(C2=CCNCC2)N1S(=O)(=O)CCC(F)(F)F. The van der Waals surface area contributed by atoms with Crippen molar-refractivity contribution in [3.63, 3.8) is 0 Å². The Morgan fingerprint density at radius 2 is 2.07 bits per heavy atom. The molecule has 3 aliphatic rings. The van der Waals surface area contributed by atoms with Crippen LogP contribution in [0.4, 0.5) is 13.2 Å². The molecule has 150 valence electrons. The van der Waals surface area contributed by atoms with Gasteiger partial charge in [0.2, 0.25) is 15.9 Å². The highest BCUT2D eigenvalue weighted by molar-refractivity contribution is 7.89. The summed E-state index contributed by atoms with van der Waals surface area (Å²) in [5, 5.41) is 5.85. The average Bonchev–Trinajstić information content (AvgIpc) is 3.43. The minimum absolute atomic E-state index is 0.0121. The van der Waals surface area contributed by atoms with Gasteiger partial charge in [0.05, 0.1) is 17.9 Å². The molecule has 0 aromatic carbocycles. The fraction of sp³-hybridized carbons (Fsp3) is 0.588. The van der Waals surface area contributed by atoms with Crippen LogP contribution in [-0.2, 0) is 14.8 Å². The van der Waals surface area contributed by atoms with Gasteiger partial charge in [-0.15, -0.1) is 0 Å². The van der Waals surface area contributed by atoms with Crippen molar-refractivity contribution in [2.75, 3.05) is 18.8 Å². The van der Waals surface area contributed by atoms with Gasteiger partial charge in [0.25, 0.3) is 0 Å². The van der Waals surface area contributed by atoms with Gasteiger partial charge in [-0.25, -0.2) is 8.42 Å². The summed E-state index contributed by atoms with van der Waals surface area (Å²) in [5.74, 6) is -1.61. The van der Waals surface area contributed by atoms with Crippen molar-refractivity contribution in [3.8, 4) is 0 Å². The number of sulfonamides is 1. The molecule has 1 fully saturated rings. The van der Waals surface area contributed by atoms with E-state index >= 15 is 0 Å². The van der Waals surface area contributed by atoms with Crippen LogP contribution in [-0.4, -0.2) is 55.7 Å². The van der Waals surface area contributed by atoms with Gasteiger partial charge in [-0.3, -0.25) is 9.10 Å². The van der Waals surface area contributed by atoms with Crippen LogP contribution in [0.3, 0.4) is 0 Å². The molecule has 0 radical (unpaired) electrons. The van der Waals surface area contributed by atoms with E-state index in [4.69, 9.17) is 0 Å². The summed E-state index contributed by atoms with van der Waals surface area (Å²) in [7, 11) is -4.35. The van der Waals surface area contributed by atoms with Gasteiger partial charge in [0.15, 0.2) is 0 Å². The number of carbonyl (C=O) groups excluding carboxylic acids is 1. The standard InChI is InChI=1S/C17H22F3N3O3S/c18-17(19,20)8-11-27(25,26)23-14(12-6-9-21-10-7-12)2-1-3-15(23)16(24)22-13-4-5-13/h1-3,6,13,15,21H,4-5,7-11H2,(H,22,24). The number of rotatable bonds is 6. The van der Waals surface area contributed by atoms with Crippen LogP contribution in [0.15, 0.2) is 35.6 Å². The van der Waals surface area contributed by atoms with Gasteiger partial charge in [0, 0.05) is 12.6 Å². The highest BCUT2D eigenvalue weighted by atomic mass is 32.2. The number of hydrogen-bond donors (Lipinski definition) is 2. The van der Waals surface area contributed by atoms with E-state index in [-0.39, 0.29) is 11.7 Å². The Labute approximate surface area is 156 Å². The van der Waals surface area contributed by atoms with Gasteiger partial charge in [-0.2, -0.15) is 13.2 Å². The molecule has 0 aromatic rings. The minimum atomic E-state index is -4.59. The van der Waals surface area contributed by atoms with Crippen LogP contribution in [0.5, 0.6) is 0 Å². The summed E-state index contributed by atoms with van der Waals surface area (Å²) in [6, 6.07) is -1.17. The lowest BCUT2D eigenvalue weighted by Crippen LogP contribution is -2.50. The smallest absolute Gasteiger partial charge is 0.351 e. The third kappa shape index (κ3) is 5.13. The number of amides is 1. The molecule has 1 amide bonds. The highest BCUT2D eigenvalue weighted by Crippen LogP contribution is 2.31. The van der Waals surface area contributed by atoms with Crippen LogP contribution >= 0.6 is 0 Å². The fourth-order valence-electron chi connectivity index (χ4n) is 3.03. The van der Waals surface area contributed by atoms with Crippen molar-refractivity contribution in [2.24, 2.45) is 0 Å². The molecule has 2 aliphatic heterocycles. The van der Waals surface area contributed by atoms with Crippen molar-refractivity contribution in [3.05, 3.63) is 35.6 Å². The predicted octanol–water partition coefficient (Wildman–Crippen LogP) is 1.59. The first-order chi connectivity index (χ1) is 12.7. The van der Waals surface area contributed by atoms with E-state index in [1.807, 2.05) is 0 Å². The molecule has 1 atom stereocenters. The quantitative estimate of drug-likeness (QED) is 0.704. The topological polar surface area (TPSA) is 78.5 Å². The van der Waals surface area contributed by atoms with E-state index in [1.54, 1.807) is 18.2 Å². The van der Waals surface area contributed by atoms with Gasteiger partial charge in [-0.05, 0) is 37.5 Å². The lowest BCUT2D eigenvalue weighted by atomic mass is 10.0. The second kappa shape index (κ2) is 7.67. The molecule has 0 aromatic heterocycles. The Morgan fingerprint density at radius 1 is 1.33 bits per heavy atom. The molecule has 27 heavy (non-hydrogen) atoms. The van der Waals surface area contributed by atoms with Crippen LogP contribution in [0.25, 0.3) is 0 Å². The number of allylic oxidation sites excluding steroid dienone is 3. The lowest BCUT2D eigenvalue weighted by Gasteiger charge is -2.35. The summed E-state index contributed by atoms with van der Waals surface area (Å²) in [6.45, 7) is 1.16. The summed E-state index contributed by atoms with van der Waals surface area (Å²) < 4.78 is 64.4. The van der Waals surface area contributed by atoms with Crippen molar-refractivity contribution >= 4 is 15.9 Å². The van der Waals surface area contributed by atoms with Gasteiger partial charge in [-0.1, -0.05) is 18.2 Å². The number of nitrogens with zero attached hydrogens (tertiary/aromatic N) is 1. The molecular formula is C17H22F3N3O3S. The zero-order valence-electron chi connectivity index (χ0n) is 14.6. The van der Waals surface area contributed by atoms with Crippen LogP contribution in [0.2, 0.25) is 0 Å². The van der Waals surface area contributed by atoms with Gasteiger partial charge in [0.1, 0.15) is 6.04 Å². The summed E-state index contributed by atoms with van der Waals surface area (Å²) >= 11 is 0. The van der Waals surface area contributed by atoms with Gasteiger partial charge >= 0.3 is 6.18 Å². The van der Waals surface area contributed by atoms with E-state index in [0.717, 1.165) is 17.1 Å². The second-order valence-electron chi connectivity index (χ2n) is 6.83. The molecule has 6 nitrogen and oxygen atoms in total.